The number of aliphatic imine (C=N–C) groups is 1. The smallest absolute Gasteiger partial charge is 0.101 e. The molecule has 0 aromatic carbocycles. The van der Waals surface area contributed by atoms with Crippen LogP contribution in [0.5, 0.6) is 0 Å². The molecular weight excluding hydrogens is 288 g/mol. The second-order valence-corrected chi connectivity index (χ2v) is 20.0. The van der Waals surface area contributed by atoms with E-state index in [4.69, 9.17) is 10.3 Å². The monoisotopic (exact) mass is 325 g/mol. The third kappa shape index (κ3) is 9.30. The molecule has 2 nitrogen and oxygen atoms in total. The molecule has 0 aliphatic heterocycles. The van der Waals surface area contributed by atoms with E-state index in [0.29, 0.717) is 0 Å². The number of hydrogen-bond acceptors (Lipinski definition) is 1. The van der Waals surface area contributed by atoms with Gasteiger partial charge in [-0.1, -0.05) is 66.1 Å². The van der Waals surface area contributed by atoms with Gasteiger partial charge in [-0.25, -0.2) is 0 Å². The van der Waals surface area contributed by atoms with Crippen LogP contribution in [0.1, 0.15) is 41.5 Å². The predicted octanol–water partition coefficient (Wildman–Crippen LogP) is 6.04. The molecule has 0 fully saturated rings. The Morgan fingerprint density at radius 1 is 0.810 bits per heavy atom. The van der Waals surface area contributed by atoms with E-state index in [1.54, 1.807) is 0 Å². The Morgan fingerprint density at radius 3 is 1.48 bits per heavy atom. The highest BCUT2D eigenvalue weighted by molar-refractivity contribution is 7.06. The third-order valence-electron chi connectivity index (χ3n) is 2.72. The Labute approximate surface area is 135 Å². The van der Waals surface area contributed by atoms with Gasteiger partial charge in [-0.15, -0.1) is 5.54 Å². The van der Waals surface area contributed by atoms with Gasteiger partial charge in [0.05, 0.1) is 13.6 Å². The van der Waals surface area contributed by atoms with Gasteiger partial charge in [0.25, 0.3) is 0 Å². The molecule has 0 bridgehead atoms. The van der Waals surface area contributed by atoms with Crippen LogP contribution < -0.4 is 0 Å². The molecule has 0 rings (SSSR count). The molecule has 124 valence electrons. The standard InChI is InChI=1S/C17H37N2Si2/c1-16(2,3)18-14(20(7,8)9)13-15(21(10,11)12)19-17(4,5)6/h13H,1-12H3/q-1/b14-13+,19-15?. The van der Waals surface area contributed by atoms with Crippen LogP contribution in [0, 0.1) is 0 Å². The molecule has 4 heteroatoms. The summed E-state index contributed by atoms with van der Waals surface area (Å²) in [6, 6.07) is 0. The summed E-state index contributed by atoms with van der Waals surface area (Å²) in [7, 11) is -2.96. The quantitative estimate of drug-likeness (QED) is 0.445. The zero-order chi connectivity index (χ0) is 17.3. The van der Waals surface area contributed by atoms with Gasteiger partial charge in [-0.2, -0.15) is 5.32 Å². The van der Waals surface area contributed by atoms with Crippen molar-refractivity contribution < 1.29 is 0 Å². The van der Waals surface area contributed by atoms with Gasteiger partial charge < -0.3 is 5.32 Å². The summed E-state index contributed by atoms with van der Waals surface area (Å²) in [5.74, 6) is 0. The molecule has 0 aliphatic rings. The maximum absolute atomic E-state index is 5.03. The lowest BCUT2D eigenvalue weighted by Crippen LogP contribution is -2.37. The number of rotatable bonds is 4. The molecule has 0 amide bonds. The average Bonchev–Trinajstić information content (AvgIpc) is 2.07. The maximum Gasteiger partial charge on any atom is 0.101 e. The highest BCUT2D eigenvalue weighted by Gasteiger charge is 2.24. The van der Waals surface area contributed by atoms with Gasteiger partial charge in [-0.3, -0.25) is 4.99 Å². The van der Waals surface area contributed by atoms with Crippen molar-refractivity contribution in [1.82, 2.24) is 0 Å². The number of nitrogens with zero attached hydrogens (tertiary/aromatic N) is 2. The second kappa shape index (κ2) is 6.41. The van der Waals surface area contributed by atoms with Crippen molar-refractivity contribution in [2.75, 3.05) is 0 Å². The van der Waals surface area contributed by atoms with E-state index in [1.165, 1.54) is 10.7 Å². The normalized spacial score (nSPS) is 16.2. The summed E-state index contributed by atoms with van der Waals surface area (Å²) < 4.78 is 0. The molecule has 0 saturated heterocycles. The van der Waals surface area contributed by atoms with E-state index in [9.17, 15) is 0 Å². The first kappa shape index (κ1) is 20.6. The molecule has 0 aliphatic carbocycles. The van der Waals surface area contributed by atoms with Crippen molar-refractivity contribution >= 4 is 21.5 Å². The maximum atomic E-state index is 5.03. The average molecular weight is 326 g/mol. The van der Waals surface area contributed by atoms with E-state index in [0.717, 1.165) is 0 Å². The summed E-state index contributed by atoms with van der Waals surface area (Å²) in [6.45, 7) is 27.3. The lowest BCUT2D eigenvalue weighted by molar-refractivity contribution is 0.585. The molecule has 0 N–H and O–H groups in total. The Morgan fingerprint density at radius 2 is 1.24 bits per heavy atom. The lowest BCUT2D eigenvalue weighted by Gasteiger charge is -2.46. The highest BCUT2D eigenvalue weighted by atomic mass is 28.3. The summed E-state index contributed by atoms with van der Waals surface area (Å²) >= 11 is 0. The molecule has 0 aromatic rings. The van der Waals surface area contributed by atoms with Crippen LogP contribution in [-0.4, -0.2) is 32.6 Å². The molecule has 0 atom stereocenters. The third-order valence-corrected chi connectivity index (χ3v) is 6.31. The SMILES string of the molecule is CC(C)(C)N=C(/C=C(\[N-]C(C)(C)C)[Si](C)(C)C)[Si](C)(C)C. The van der Waals surface area contributed by atoms with Crippen LogP contribution in [0.15, 0.2) is 16.4 Å². The summed E-state index contributed by atoms with van der Waals surface area (Å²) in [5, 5.41) is 7.61. The minimum absolute atomic E-state index is 0.0294. The Kier molecular flexibility index (Phi) is 6.30. The van der Waals surface area contributed by atoms with E-state index < -0.39 is 16.1 Å². The number of hydrogen-bond donors (Lipinski definition) is 0. The summed E-state index contributed by atoms with van der Waals surface area (Å²) in [5.41, 5.74) is -0.0587. The summed E-state index contributed by atoms with van der Waals surface area (Å²) in [6.07, 6.45) is 2.33. The predicted molar refractivity (Wildman–Crippen MR) is 105 cm³/mol. The van der Waals surface area contributed by atoms with E-state index in [-0.39, 0.29) is 11.1 Å². The van der Waals surface area contributed by atoms with E-state index >= 15 is 0 Å². The fraction of sp³-hybridized carbons (Fsp3) is 0.824. The fourth-order valence-electron chi connectivity index (χ4n) is 1.69. The number of allylic oxidation sites excluding steroid dienone is 1. The Hall–Kier alpha value is -0.356. The molecule has 21 heavy (non-hydrogen) atoms. The van der Waals surface area contributed by atoms with Crippen LogP contribution in [0.2, 0.25) is 39.3 Å². The first-order valence-electron chi connectivity index (χ1n) is 7.97. The molecule has 0 saturated carbocycles. The fourth-order valence-corrected chi connectivity index (χ4v) is 4.31. The van der Waals surface area contributed by atoms with Gasteiger partial charge in [0.2, 0.25) is 0 Å². The Balaban J connectivity index is 5.93. The van der Waals surface area contributed by atoms with Gasteiger partial charge in [0.1, 0.15) is 8.07 Å². The van der Waals surface area contributed by atoms with E-state index in [1.807, 2.05) is 0 Å². The van der Waals surface area contributed by atoms with Crippen molar-refractivity contribution in [3.63, 3.8) is 0 Å². The minimum atomic E-state index is -1.48. The van der Waals surface area contributed by atoms with Gasteiger partial charge in [0, 0.05) is 5.33 Å². The molecule has 0 heterocycles. The molecule has 0 spiro atoms. The van der Waals surface area contributed by atoms with Gasteiger partial charge >= 0.3 is 0 Å². The van der Waals surface area contributed by atoms with Gasteiger partial charge in [0.15, 0.2) is 0 Å². The second-order valence-electron chi connectivity index (χ2n) is 9.98. The molecule has 0 unspecified atom stereocenters. The lowest BCUT2D eigenvalue weighted by atomic mass is 10.1. The van der Waals surface area contributed by atoms with Gasteiger partial charge in [-0.05, 0) is 20.8 Å². The summed E-state index contributed by atoms with van der Waals surface area (Å²) in [4.78, 5) is 5.03. The zero-order valence-electron chi connectivity index (χ0n) is 16.5. The topological polar surface area (TPSA) is 26.5 Å². The first-order valence-corrected chi connectivity index (χ1v) is 15.0. The van der Waals surface area contributed by atoms with Crippen LogP contribution in [0.25, 0.3) is 5.32 Å². The van der Waals surface area contributed by atoms with E-state index in [2.05, 4.69) is 86.9 Å². The van der Waals surface area contributed by atoms with Crippen LogP contribution >= 0.6 is 0 Å². The van der Waals surface area contributed by atoms with Crippen LogP contribution in [-0.2, 0) is 0 Å². The highest BCUT2D eigenvalue weighted by Crippen LogP contribution is 2.29. The van der Waals surface area contributed by atoms with Crippen molar-refractivity contribution in [2.24, 2.45) is 4.99 Å². The van der Waals surface area contributed by atoms with Crippen molar-refractivity contribution in [3.05, 3.63) is 16.7 Å². The van der Waals surface area contributed by atoms with Crippen LogP contribution in [0.4, 0.5) is 0 Å². The molecular formula is C17H37N2Si2-. The van der Waals surface area contributed by atoms with Crippen molar-refractivity contribution in [1.29, 1.82) is 0 Å². The minimum Gasteiger partial charge on any atom is -0.686 e. The van der Waals surface area contributed by atoms with Crippen molar-refractivity contribution in [3.8, 4) is 0 Å². The Bertz CT molecular complexity index is 408. The largest absolute Gasteiger partial charge is 0.686 e. The molecule has 0 radical (unpaired) electrons. The first-order chi connectivity index (χ1) is 8.92. The zero-order valence-corrected chi connectivity index (χ0v) is 18.5. The van der Waals surface area contributed by atoms with Crippen molar-refractivity contribution in [2.45, 2.75) is 91.9 Å². The van der Waals surface area contributed by atoms with Crippen LogP contribution in [0.3, 0.4) is 0 Å². The molecule has 0 aromatic heterocycles.